The molecule has 0 saturated heterocycles. The van der Waals surface area contributed by atoms with Gasteiger partial charge in [-0.05, 0) is 51.1 Å². The van der Waals surface area contributed by atoms with Gasteiger partial charge >= 0.3 is 0 Å². The Kier molecular flexibility index (Phi) is 9.93. The second-order valence-electron chi connectivity index (χ2n) is 5.02. The van der Waals surface area contributed by atoms with Crippen LogP contribution in [0.1, 0.15) is 25.3 Å². The van der Waals surface area contributed by atoms with E-state index in [2.05, 4.69) is 57.5 Å². The Morgan fingerprint density at radius 2 is 2.10 bits per heavy atom. The third-order valence-electron chi connectivity index (χ3n) is 3.11. The minimum atomic E-state index is 0.827. The van der Waals surface area contributed by atoms with Crippen molar-refractivity contribution in [2.45, 2.75) is 26.3 Å². The highest BCUT2D eigenvalue weighted by atomic mass is 79.9. The molecule has 0 aliphatic carbocycles. The van der Waals surface area contributed by atoms with E-state index < -0.39 is 0 Å². The number of hydrogen-bond donors (Lipinski definition) is 1. The third kappa shape index (κ3) is 8.69. The van der Waals surface area contributed by atoms with Gasteiger partial charge in [0, 0.05) is 37.3 Å². The smallest absolute Gasteiger partial charge is 0.0466 e. The molecule has 0 spiro atoms. The number of unbranched alkanes of at least 4 members (excludes halogenated alkanes) is 1. The van der Waals surface area contributed by atoms with Gasteiger partial charge in [-0.3, -0.25) is 0 Å². The Morgan fingerprint density at radius 1 is 1.25 bits per heavy atom. The zero-order valence-electron chi connectivity index (χ0n) is 12.7. The maximum absolute atomic E-state index is 5.31. The molecule has 1 N–H and O–H groups in total. The molecule has 0 heterocycles. The van der Waals surface area contributed by atoms with Crippen LogP contribution in [0.15, 0.2) is 28.7 Å². The zero-order chi connectivity index (χ0) is 14.6. The fraction of sp³-hybridized carbons (Fsp3) is 0.625. The standard InChI is InChI=1S/C16H27BrN2O/c1-3-20-12-5-4-9-18-10-11-19(2)14-15-7-6-8-16(17)13-15/h6-8,13,18H,3-5,9-12,14H2,1-2H3. The van der Waals surface area contributed by atoms with Crippen molar-refractivity contribution in [1.29, 1.82) is 0 Å². The molecule has 0 amide bonds. The highest BCUT2D eigenvalue weighted by Gasteiger charge is 2.00. The molecule has 0 unspecified atom stereocenters. The molecule has 3 nitrogen and oxygen atoms in total. The normalized spacial score (nSPS) is 11.2. The van der Waals surface area contributed by atoms with Gasteiger partial charge in [-0.15, -0.1) is 0 Å². The lowest BCUT2D eigenvalue weighted by Gasteiger charge is -2.17. The van der Waals surface area contributed by atoms with E-state index >= 15 is 0 Å². The van der Waals surface area contributed by atoms with Crippen LogP contribution in [0.3, 0.4) is 0 Å². The van der Waals surface area contributed by atoms with Crippen molar-refractivity contribution in [1.82, 2.24) is 10.2 Å². The van der Waals surface area contributed by atoms with Gasteiger partial charge in [0.15, 0.2) is 0 Å². The van der Waals surface area contributed by atoms with E-state index in [1.165, 1.54) is 12.0 Å². The molecule has 0 aliphatic heterocycles. The van der Waals surface area contributed by atoms with Gasteiger partial charge in [-0.2, -0.15) is 0 Å². The molecule has 1 aromatic carbocycles. The van der Waals surface area contributed by atoms with Gasteiger partial charge in [-0.1, -0.05) is 28.1 Å². The van der Waals surface area contributed by atoms with Crippen LogP contribution in [0, 0.1) is 0 Å². The van der Waals surface area contributed by atoms with E-state index in [4.69, 9.17) is 4.74 Å². The summed E-state index contributed by atoms with van der Waals surface area (Å²) in [6, 6.07) is 8.50. The van der Waals surface area contributed by atoms with Crippen LogP contribution < -0.4 is 5.32 Å². The van der Waals surface area contributed by atoms with E-state index in [0.29, 0.717) is 0 Å². The highest BCUT2D eigenvalue weighted by molar-refractivity contribution is 9.10. The molecule has 114 valence electrons. The lowest BCUT2D eigenvalue weighted by Crippen LogP contribution is -2.29. The molecule has 0 radical (unpaired) electrons. The molecule has 0 atom stereocenters. The summed E-state index contributed by atoms with van der Waals surface area (Å²) in [5, 5.41) is 3.48. The van der Waals surface area contributed by atoms with Crippen LogP contribution in [0.4, 0.5) is 0 Å². The molecule has 0 aliphatic rings. The predicted octanol–water partition coefficient (Wildman–Crippen LogP) is 3.29. The number of ether oxygens (including phenoxy) is 1. The van der Waals surface area contributed by atoms with E-state index in [9.17, 15) is 0 Å². The van der Waals surface area contributed by atoms with E-state index in [-0.39, 0.29) is 0 Å². The lowest BCUT2D eigenvalue weighted by molar-refractivity contribution is 0.143. The molecule has 1 aromatic rings. The molecule has 0 saturated carbocycles. The zero-order valence-corrected chi connectivity index (χ0v) is 14.3. The molecule has 0 aromatic heterocycles. The molecule has 20 heavy (non-hydrogen) atoms. The maximum Gasteiger partial charge on any atom is 0.0466 e. The van der Waals surface area contributed by atoms with E-state index in [0.717, 1.165) is 50.3 Å². The minimum absolute atomic E-state index is 0.827. The number of nitrogens with one attached hydrogen (secondary N) is 1. The SMILES string of the molecule is CCOCCCCNCCN(C)Cc1cccc(Br)c1. The molecule has 0 fully saturated rings. The fourth-order valence-electron chi connectivity index (χ4n) is 2.02. The van der Waals surface area contributed by atoms with Crippen LogP contribution in [-0.4, -0.2) is 44.8 Å². The third-order valence-corrected chi connectivity index (χ3v) is 3.60. The van der Waals surface area contributed by atoms with Gasteiger partial charge in [0.25, 0.3) is 0 Å². The Labute approximate surface area is 131 Å². The predicted molar refractivity (Wildman–Crippen MR) is 89.1 cm³/mol. The highest BCUT2D eigenvalue weighted by Crippen LogP contribution is 2.12. The molecule has 0 bridgehead atoms. The molecule has 1 rings (SSSR count). The van der Waals surface area contributed by atoms with Crippen LogP contribution in [0.25, 0.3) is 0 Å². The van der Waals surface area contributed by atoms with Crippen LogP contribution in [-0.2, 0) is 11.3 Å². The summed E-state index contributed by atoms with van der Waals surface area (Å²) >= 11 is 3.51. The Balaban J connectivity index is 2.01. The second-order valence-corrected chi connectivity index (χ2v) is 5.94. The van der Waals surface area contributed by atoms with Crippen molar-refractivity contribution < 1.29 is 4.74 Å². The van der Waals surface area contributed by atoms with Gasteiger partial charge in [0.1, 0.15) is 0 Å². The van der Waals surface area contributed by atoms with Gasteiger partial charge in [-0.25, -0.2) is 0 Å². The summed E-state index contributed by atoms with van der Waals surface area (Å²) in [5.74, 6) is 0. The largest absolute Gasteiger partial charge is 0.382 e. The average molecular weight is 343 g/mol. The van der Waals surface area contributed by atoms with Crippen molar-refractivity contribution in [3.05, 3.63) is 34.3 Å². The Hall–Kier alpha value is -0.420. The maximum atomic E-state index is 5.31. The number of nitrogens with zero attached hydrogens (tertiary/aromatic N) is 1. The van der Waals surface area contributed by atoms with Gasteiger partial charge in [0.05, 0.1) is 0 Å². The van der Waals surface area contributed by atoms with Crippen molar-refractivity contribution in [2.24, 2.45) is 0 Å². The van der Waals surface area contributed by atoms with E-state index in [1.54, 1.807) is 0 Å². The summed E-state index contributed by atoms with van der Waals surface area (Å²) in [7, 11) is 2.16. The summed E-state index contributed by atoms with van der Waals surface area (Å²) < 4.78 is 6.46. The summed E-state index contributed by atoms with van der Waals surface area (Å²) in [5.41, 5.74) is 1.35. The molecule has 4 heteroatoms. The number of rotatable bonds is 11. The van der Waals surface area contributed by atoms with Crippen molar-refractivity contribution in [3.63, 3.8) is 0 Å². The summed E-state index contributed by atoms with van der Waals surface area (Å²) in [6.45, 7) is 7.94. The van der Waals surface area contributed by atoms with E-state index in [1.807, 2.05) is 6.92 Å². The van der Waals surface area contributed by atoms with Crippen molar-refractivity contribution in [2.75, 3.05) is 39.9 Å². The average Bonchev–Trinajstić information content (AvgIpc) is 2.42. The number of benzene rings is 1. The van der Waals surface area contributed by atoms with Crippen molar-refractivity contribution in [3.8, 4) is 0 Å². The summed E-state index contributed by atoms with van der Waals surface area (Å²) in [4.78, 5) is 2.34. The van der Waals surface area contributed by atoms with Crippen LogP contribution in [0.5, 0.6) is 0 Å². The van der Waals surface area contributed by atoms with Crippen LogP contribution >= 0.6 is 15.9 Å². The lowest BCUT2D eigenvalue weighted by atomic mass is 10.2. The number of likely N-dealkylation sites (N-methyl/N-ethyl adjacent to an activating group) is 1. The molecular formula is C16H27BrN2O. The Bertz CT molecular complexity index is 360. The number of halogens is 1. The quantitative estimate of drug-likeness (QED) is 0.624. The number of hydrogen-bond acceptors (Lipinski definition) is 3. The first kappa shape index (κ1) is 17.6. The first-order chi connectivity index (χ1) is 9.72. The van der Waals surface area contributed by atoms with Crippen LogP contribution in [0.2, 0.25) is 0 Å². The first-order valence-corrected chi connectivity index (χ1v) is 8.23. The molecular weight excluding hydrogens is 316 g/mol. The Morgan fingerprint density at radius 3 is 2.85 bits per heavy atom. The minimum Gasteiger partial charge on any atom is -0.382 e. The summed E-state index contributed by atoms with van der Waals surface area (Å²) in [6.07, 6.45) is 2.34. The fourth-order valence-corrected chi connectivity index (χ4v) is 2.47. The second kappa shape index (κ2) is 11.3. The first-order valence-electron chi connectivity index (χ1n) is 7.44. The monoisotopic (exact) mass is 342 g/mol. The van der Waals surface area contributed by atoms with Crippen molar-refractivity contribution >= 4 is 15.9 Å². The topological polar surface area (TPSA) is 24.5 Å². The van der Waals surface area contributed by atoms with Gasteiger partial charge < -0.3 is 15.0 Å². The van der Waals surface area contributed by atoms with Gasteiger partial charge in [0.2, 0.25) is 0 Å².